The molecule has 2 aromatic heterocycles. The third-order valence-corrected chi connectivity index (χ3v) is 3.95. The molecule has 0 saturated carbocycles. The fraction of sp³-hybridized carbons (Fsp3) is 0.263. The van der Waals surface area contributed by atoms with Gasteiger partial charge in [0.2, 0.25) is 5.91 Å². The van der Waals surface area contributed by atoms with Crippen molar-refractivity contribution in [3.8, 4) is 0 Å². The molecule has 2 amide bonds. The second-order valence-corrected chi connectivity index (χ2v) is 5.86. The summed E-state index contributed by atoms with van der Waals surface area (Å²) >= 11 is 0. The number of furan rings is 2. The molecule has 1 N–H and O–H groups in total. The molecule has 3 aromatic rings. The molecule has 0 spiro atoms. The number of likely N-dealkylation sites (N-methyl/N-ethyl adjacent to an activating group) is 1. The van der Waals surface area contributed by atoms with E-state index in [-0.39, 0.29) is 37.3 Å². The van der Waals surface area contributed by atoms with E-state index in [1.54, 1.807) is 32.4 Å². The van der Waals surface area contributed by atoms with Crippen LogP contribution in [-0.4, -0.2) is 37.4 Å². The molecule has 1 aromatic carbocycles. The number of carbonyl (C=O) groups excluding carboxylic acids is 2. The Kier molecular flexibility index (Phi) is 5.38. The molecule has 0 fully saturated rings. The van der Waals surface area contributed by atoms with Crippen molar-refractivity contribution in [2.24, 2.45) is 0 Å². The van der Waals surface area contributed by atoms with E-state index < -0.39 is 0 Å². The fourth-order valence-electron chi connectivity index (χ4n) is 2.67. The van der Waals surface area contributed by atoms with Gasteiger partial charge in [-0.2, -0.15) is 0 Å². The van der Waals surface area contributed by atoms with Gasteiger partial charge in [0.25, 0.3) is 5.91 Å². The number of rotatable bonds is 7. The summed E-state index contributed by atoms with van der Waals surface area (Å²) in [6, 6.07) is 10.9. The van der Waals surface area contributed by atoms with Crippen molar-refractivity contribution in [3.05, 3.63) is 59.7 Å². The van der Waals surface area contributed by atoms with E-state index in [1.807, 2.05) is 18.2 Å². The molecule has 3 rings (SSSR count). The maximum Gasteiger partial charge on any atom is 0.290 e. The molecular formula is C19H20N2O5. The minimum atomic E-state index is -0.374. The van der Waals surface area contributed by atoms with Gasteiger partial charge in [-0.3, -0.25) is 9.59 Å². The number of hydrogen-bond acceptors (Lipinski definition) is 5. The molecule has 0 radical (unpaired) electrons. The molecular weight excluding hydrogens is 336 g/mol. The minimum absolute atomic E-state index is 0.0942. The van der Waals surface area contributed by atoms with Crippen LogP contribution >= 0.6 is 0 Å². The van der Waals surface area contributed by atoms with Crippen molar-refractivity contribution < 1.29 is 23.2 Å². The molecule has 0 atom stereocenters. The maximum absolute atomic E-state index is 12.8. The van der Waals surface area contributed by atoms with Crippen molar-refractivity contribution >= 4 is 22.8 Å². The van der Waals surface area contributed by atoms with E-state index in [9.17, 15) is 9.59 Å². The lowest BCUT2D eigenvalue weighted by atomic mass is 10.1. The molecule has 7 heteroatoms. The van der Waals surface area contributed by atoms with Crippen LogP contribution in [0.4, 0.5) is 0 Å². The average Bonchev–Trinajstić information content (AvgIpc) is 3.28. The number of para-hydroxylation sites is 1. The van der Waals surface area contributed by atoms with Crippen molar-refractivity contribution in [3.63, 3.8) is 0 Å². The molecule has 0 aliphatic rings. The molecule has 26 heavy (non-hydrogen) atoms. The zero-order valence-electron chi connectivity index (χ0n) is 14.7. The van der Waals surface area contributed by atoms with Crippen LogP contribution in [0.5, 0.6) is 0 Å². The number of ether oxygens (including phenoxy) is 1. The van der Waals surface area contributed by atoms with Crippen LogP contribution in [0.1, 0.15) is 21.9 Å². The van der Waals surface area contributed by atoms with Crippen LogP contribution in [0.15, 0.2) is 51.5 Å². The fourth-order valence-corrected chi connectivity index (χ4v) is 2.67. The Labute approximate surface area is 150 Å². The Morgan fingerprint density at radius 1 is 1.19 bits per heavy atom. The SMILES string of the molecule is COCc1c(C(=O)N(C)CC(=O)NCc2ccco2)oc2ccccc12. The number of methoxy groups -OCH3 is 1. The molecule has 2 heterocycles. The summed E-state index contributed by atoms with van der Waals surface area (Å²) in [5.74, 6) is 0.171. The molecule has 0 aliphatic heterocycles. The third-order valence-electron chi connectivity index (χ3n) is 3.95. The lowest BCUT2D eigenvalue weighted by Gasteiger charge is -2.16. The summed E-state index contributed by atoms with van der Waals surface area (Å²) < 4.78 is 16.1. The van der Waals surface area contributed by atoms with E-state index in [0.29, 0.717) is 16.9 Å². The van der Waals surface area contributed by atoms with E-state index in [1.165, 1.54) is 11.2 Å². The van der Waals surface area contributed by atoms with Crippen LogP contribution < -0.4 is 5.32 Å². The summed E-state index contributed by atoms with van der Waals surface area (Å²) in [7, 11) is 3.11. The van der Waals surface area contributed by atoms with Crippen molar-refractivity contribution in [1.29, 1.82) is 0 Å². The molecule has 0 bridgehead atoms. The van der Waals surface area contributed by atoms with E-state index >= 15 is 0 Å². The van der Waals surface area contributed by atoms with Crippen molar-refractivity contribution in [1.82, 2.24) is 10.2 Å². The Balaban J connectivity index is 1.70. The molecule has 0 unspecified atom stereocenters. The Morgan fingerprint density at radius 2 is 2.00 bits per heavy atom. The zero-order chi connectivity index (χ0) is 18.5. The highest BCUT2D eigenvalue weighted by molar-refractivity contribution is 6.00. The van der Waals surface area contributed by atoms with Crippen LogP contribution in [0.25, 0.3) is 11.0 Å². The first-order valence-electron chi connectivity index (χ1n) is 8.14. The number of amides is 2. The monoisotopic (exact) mass is 356 g/mol. The number of fused-ring (bicyclic) bond motifs is 1. The molecule has 0 aliphatic carbocycles. The van der Waals surface area contributed by atoms with Crippen LogP contribution in [0, 0.1) is 0 Å². The van der Waals surface area contributed by atoms with Gasteiger partial charge in [0.15, 0.2) is 5.76 Å². The average molecular weight is 356 g/mol. The number of nitrogens with one attached hydrogen (secondary N) is 1. The first-order valence-corrected chi connectivity index (χ1v) is 8.14. The van der Waals surface area contributed by atoms with Crippen molar-refractivity contribution in [2.75, 3.05) is 20.7 Å². The largest absolute Gasteiger partial charge is 0.467 e. The van der Waals surface area contributed by atoms with Gasteiger partial charge in [-0.15, -0.1) is 0 Å². The highest BCUT2D eigenvalue weighted by Crippen LogP contribution is 2.27. The number of hydrogen-bond donors (Lipinski definition) is 1. The lowest BCUT2D eigenvalue weighted by molar-refractivity contribution is -0.121. The normalized spacial score (nSPS) is 10.8. The minimum Gasteiger partial charge on any atom is -0.467 e. The smallest absolute Gasteiger partial charge is 0.290 e. The van der Waals surface area contributed by atoms with Crippen LogP contribution in [0.2, 0.25) is 0 Å². The molecule has 136 valence electrons. The summed E-state index contributed by atoms with van der Waals surface area (Å²) in [6.45, 7) is 0.424. The van der Waals surface area contributed by atoms with Crippen molar-refractivity contribution in [2.45, 2.75) is 13.2 Å². The van der Waals surface area contributed by atoms with Gasteiger partial charge in [-0.25, -0.2) is 0 Å². The predicted octanol–water partition coefficient (Wildman–Crippen LogP) is 2.56. The van der Waals surface area contributed by atoms with Gasteiger partial charge < -0.3 is 23.8 Å². The quantitative estimate of drug-likeness (QED) is 0.703. The lowest BCUT2D eigenvalue weighted by Crippen LogP contribution is -2.38. The van der Waals surface area contributed by atoms with Gasteiger partial charge in [-0.1, -0.05) is 18.2 Å². The van der Waals surface area contributed by atoms with Gasteiger partial charge in [0.1, 0.15) is 11.3 Å². The Morgan fingerprint density at radius 3 is 2.73 bits per heavy atom. The maximum atomic E-state index is 12.8. The summed E-state index contributed by atoms with van der Waals surface area (Å²) in [5.41, 5.74) is 1.29. The zero-order valence-corrected chi connectivity index (χ0v) is 14.7. The third kappa shape index (κ3) is 3.78. The Hall–Kier alpha value is -3.06. The predicted molar refractivity (Wildman–Crippen MR) is 94.4 cm³/mol. The van der Waals surface area contributed by atoms with Gasteiger partial charge >= 0.3 is 0 Å². The summed E-state index contributed by atoms with van der Waals surface area (Å²) in [5, 5.41) is 3.53. The highest BCUT2D eigenvalue weighted by atomic mass is 16.5. The standard InChI is InChI=1S/C19H20N2O5/c1-21(11-17(22)20-10-13-6-5-9-25-13)19(23)18-15(12-24-2)14-7-3-4-8-16(14)26-18/h3-9H,10-12H2,1-2H3,(H,20,22). The van der Waals surface area contributed by atoms with Crippen LogP contribution in [-0.2, 0) is 22.7 Å². The van der Waals surface area contributed by atoms with E-state index in [0.717, 1.165) is 5.39 Å². The van der Waals surface area contributed by atoms with Gasteiger partial charge in [-0.05, 0) is 18.2 Å². The van der Waals surface area contributed by atoms with Gasteiger partial charge in [0.05, 0.1) is 26.0 Å². The number of carbonyl (C=O) groups is 2. The van der Waals surface area contributed by atoms with Crippen LogP contribution in [0.3, 0.4) is 0 Å². The topological polar surface area (TPSA) is 84.9 Å². The second-order valence-electron chi connectivity index (χ2n) is 5.86. The molecule has 7 nitrogen and oxygen atoms in total. The van der Waals surface area contributed by atoms with E-state index in [2.05, 4.69) is 5.32 Å². The second kappa shape index (κ2) is 7.88. The summed E-state index contributed by atoms with van der Waals surface area (Å²) in [4.78, 5) is 26.1. The van der Waals surface area contributed by atoms with Gasteiger partial charge in [0, 0.05) is 25.1 Å². The van der Waals surface area contributed by atoms with E-state index in [4.69, 9.17) is 13.6 Å². The highest BCUT2D eigenvalue weighted by Gasteiger charge is 2.24. The first-order chi connectivity index (χ1) is 12.6. The number of nitrogens with zero attached hydrogens (tertiary/aromatic N) is 1. The summed E-state index contributed by atoms with van der Waals surface area (Å²) in [6.07, 6.45) is 1.54. The number of benzene rings is 1. The first kappa shape index (κ1) is 17.8. The Bertz CT molecular complexity index is 898. The molecule has 0 saturated heterocycles.